The average Bonchev–Trinajstić information content (AvgIpc) is 2.13. The third-order valence-corrected chi connectivity index (χ3v) is 1.66. The largest absolute Gasteiger partial charge is 0.483 e. The SMILES string of the molecule is CCO/C=N\c1cccc(Cl)c1F. The molecule has 0 atom stereocenters. The van der Waals surface area contributed by atoms with E-state index >= 15 is 0 Å². The average molecular weight is 202 g/mol. The number of hydrogen-bond acceptors (Lipinski definition) is 2. The lowest BCUT2D eigenvalue weighted by Gasteiger charge is -1.97. The molecule has 0 bridgehead atoms. The highest BCUT2D eigenvalue weighted by atomic mass is 35.5. The molecule has 0 radical (unpaired) electrons. The van der Waals surface area contributed by atoms with Crippen LogP contribution in [0.4, 0.5) is 10.1 Å². The molecule has 0 N–H and O–H groups in total. The van der Waals surface area contributed by atoms with Gasteiger partial charge in [0.15, 0.2) is 12.2 Å². The molecule has 0 fully saturated rings. The molecule has 70 valence electrons. The number of halogens is 2. The van der Waals surface area contributed by atoms with Crippen molar-refractivity contribution in [1.82, 2.24) is 0 Å². The van der Waals surface area contributed by atoms with Crippen LogP contribution in [0.5, 0.6) is 0 Å². The van der Waals surface area contributed by atoms with E-state index in [-0.39, 0.29) is 10.7 Å². The number of aliphatic imine (C=N–C) groups is 1. The van der Waals surface area contributed by atoms with Crippen LogP contribution < -0.4 is 0 Å². The lowest BCUT2D eigenvalue weighted by Crippen LogP contribution is -1.85. The molecule has 0 saturated heterocycles. The van der Waals surface area contributed by atoms with E-state index in [4.69, 9.17) is 16.3 Å². The quantitative estimate of drug-likeness (QED) is 0.544. The van der Waals surface area contributed by atoms with Crippen LogP contribution in [0.1, 0.15) is 6.92 Å². The number of ether oxygens (including phenoxy) is 1. The molecule has 0 saturated carbocycles. The fraction of sp³-hybridized carbons (Fsp3) is 0.222. The highest BCUT2D eigenvalue weighted by Gasteiger charge is 2.03. The summed E-state index contributed by atoms with van der Waals surface area (Å²) in [5.41, 5.74) is 0.181. The Morgan fingerprint density at radius 2 is 2.38 bits per heavy atom. The normalized spacial score (nSPS) is 10.7. The summed E-state index contributed by atoms with van der Waals surface area (Å²) in [5, 5.41) is 0.0612. The molecule has 0 aliphatic rings. The Kier molecular flexibility index (Phi) is 3.71. The molecule has 0 aliphatic heterocycles. The van der Waals surface area contributed by atoms with Crippen LogP contribution >= 0.6 is 11.6 Å². The summed E-state index contributed by atoms with van der Waals surface area (Å²) in [5.74, 6) is -0.528. The molecular weight excluding hydrogens is 193 g/mol. The summed E-state index contributed by atoms with van der Waals surface area (Å²) in [7, 11) is 0. The summed E-state index contributed by atoms with van der Waals surface area (Å²) in [6.07, 6.45) is 1.20. The summed E-state index contributed by atoms with van der Waals surface area (Å²) < 4.78 is 18.0. The number of nitrogens with zero attached hydrogens (tertiary/aromatic N) is 1. The summed E-state index contributed by atoms with van der Waals surface area (Å²) >= 11 is 5.54. The fourth-order valence-electron chi connectivity index (χ4n) is 0.761. The third-order valence-electron chi connectivity index (χ3n) is 1.36. The minimum absolute atomic E-state index is 0.0612. The zero-order valence-corrected chi connectivity index (χ0v) is 7.88. The minimum atomic E-state index is -0.528. The van der Waals surface area contributed by atoms with Crippen molar-refractivity contribution in [3.8, 4) is 0 Å². The van der Waals surface area contributed by atoms with Gasteiger partial charge in [-0.1, -0.05) is 17.7 Å². The molecule has 0 heterocycles. The molecule has 0 aromatic heterocycles. The molecule has 0 amide bonds. The van der Waals surface area contributed by atoms with Gasteiger partial charge in [0.1, 0.15) is 5.69 Å². The van der Waals surface area contributed by atoms with Crippen LogP contribution in [0.25, 0.3) is 0 Å². The Morgan fingerprint density at radius 1 is 1.62 bits per heavy atom. The molecule has 0 aliphatic carbocycles. The van der Waals surface area contributed by atoms with Gasteiger partial charge >= 0.3 is 0 Å². The van der Waals surface area contributed by atoms with Crippen molar-refractivity contribution in [2.45, 2.75) is 6.92 Å². The zero-order chi connectivity index (χ0) is 9.68. The van der Waals surface area contributed by atoms with Gasteiger partial charge in [0.2, 0.25) is 0 Å². The van der Waals surface area contributed by atoms with Crippen molar-refractivity contribution in [2.75, 3.05) is 6.61 Å². The predicted molar refractivity (Wildman–Crippen MR) is 51.2 cm³/mol. The standard InChI is InChI=1S/C9H9ClFNO/c1-2-13-6-12-8-5-3-4-7(10)9(8)11/h3-6H,2H2,1H3/b12-6-. The van der Waals surface area contributed by atoms with Gasteiger partial charge in [-0.25, -0.2) is 9.38 Å². The lowest BCUT2D eigenvalue weighted by atomic mass is 10.3. The highest BCUT2D eigenvalue weighted by molar-refractivity contribution is 6.31. The van der Waals surface area contributed by atoms with E-state index in [1.54, 1.807) is 6.07 Å². The first-order valence-electron chi connectivity index (χ1n) is 3.84. The smallest absolute Gasteiger partial charge is 0.174 e. The van der Waals surface area contributed by atoms with Crippen LogP contribution in [0, 0.1) is 5.82 Å². The van der Waals surface area contributed by atoms with Crippen molar-refractivity contribution >= 4 is 23.7 Å². The highest BCUT2D eigenvalue weighted by Crippen LogP contribution is 2.23. The summed E-state index contributed by atoms with van der Waals surface area (Å²) in [6, 6.07) is 4.62. The monoisotopic (exact) mass is 201 g/mol. The molecule has 1 rings (SSSR count). The van der Waals surface area contributed by atoms with Gasteiger partial charge in [-0.05, 0) is 19.1 Å². The fourth-order valence-corrected chi connectivity index (χ4v) is 0.930. The Labute approximate surface area is 81.0 Å². The second kappa shape index (κ2) is 4.82. The van der Waals surface area contributed by atoms with Gasteiger partial charge in [0.25, 0.3) is 0 Å². The first-order chi connectivity index (χ1) is 6.25. The minimum Gasteiger partial charge on any atom is -0.483 e. The van der Waals surface area contributed by atoms with Crippen LogP contribution in [-0.4, -0.2) is 13.0 Å². The van der Waals surface area contributed by atoms with E-state index in [1.807, 2.05) is 6.92 Å². The van der Waals surface area contributed by atoms with E-state index in [1.165, 1.54) is 18.5 Å². The Balaban J connectivity index is 2.83. The second-order valence-electron chi connectivity index (χ2n) is 2.26. The number of benzene rings is 1. The summed E-state index contributed by atoms with van der Waals surface area (Å²) in [4.78, 5) is 3.75. The Hall–Kier alpha value is -1.09. The van der Waals surface area contributed by atoms with Gasteiger partial charge in [-0.15, -0.1) is 0 Å². The predicted octanol–water partition coefficient (Wildman–Crippen LogP) is 3.18. The molecule has 0 unspecified atom stereocenters. The maximum absolute atomic E-state index is 13.1. The lowest BCUT2D eigenvalue weighted by molar-refractivity contribution is 0.344. The van der Waals surface area contributed by atoms with Gasteiger partial charge in [0, 0.05) is 0 Å². The van der Waals surface area contributed by atoms with Crippen molar-refractivity contribution in [3.05, 3.63) is 29.0 Å². The van der Waals surface area contributed by atoms with E-state index in [2.05, 4.69) is 4.99 Å². The van der Waals surface area contributed by atoms with Gasteiger partial charge < -0.3 is 4.74 Å². The van der Waals surface area contributed by atoms with Crippen LogP contribution in [0.2, 0.25) is 5.02 Å². The van der Waals surface area contributed by atoms with Gasteiger partial charge in [-0.3, -0.25) is 0 Å². The summed E-state index contributed by atoms with van der Waals surface area (Å²) in [6.45, 7) is 2.33. The maximum atomic E-state index is 13.1. The van der Waals surface area contributed by atoms with Crippen LogP contribution in [0.3, 0.4) is 0 Å². The maximum Gasteiger partial charge on any atom is 0.174 e. The third kappa shape index (κ3) is 2.70. The van der Waals surface area contributed by atoms with E-state index in [0.717, 1.165) is 0 Å². The molecule has 4 heteroatoms. The first-order valence-corrected chi connectivity index (χ1v) is 4.21. The molecule has 2 nitrogen and oxygen atoms in total. The first kappa shape index (κ1) is 9.99. The Morgan fingerprint density at radius 3 is 3.08 bits per heavy atom. The van der Waals surface area contributed by atoms with Gasteiger partial charge in [0.05, 0.1) is 11.6 Å². The van der Waals surface area contributed by atoms with Crippen molar-refractivity contribution in [1.29, 1.82) is 0 Å². The van der Waals surface area contributed by atoms with Crippen molar-refractivity contribution in [2.24, 2.45) is 4.99 Å². The van der Waals surface area contributed by atoms with Crippen LogP contribution in [0.15, 0.2) is 23.2 Å². The van der Waals surface area contributed by atoms with E-state index in [0.29, 0.717) is 6.61 Å². The molecule has 0 spiro atoms. The van der Waals surface area contributed by atoms with Crippen molar-refractivity contribution < 1.29 is 9.13 Å². The van der Waals surface area contributed by atoms with E-state index < -0.39 is 5.82 Å². The topological polar surface area (TPSA) is 21.6 Å². The Bertz CT molecular complexity index is 314. The zero-order valence-electron chi connectivity index (χ0n) is 7.13. The van der Waals surface area contributed by atoms with Gasteiger partial charge in [-0.2, -0.15) is 0 Å². The second-order valence-corrected chi connectivity index (χ2v) is 2.67. The molecule has 13 heavy (non-hydrogen) atoms. The molecule has 1 aromatic carbocycles. The number of hydrogen-bond donors (Lipinski definition) is 0. The number of rotatable bonds is 3. The molecular formula is C9H9ClFNO. The molecule has 1 aromatic rings. The van der Waals surface area contributed by atoms with Crippen LogP contribution in [-0.2, 0) is 4.74 Å². The van der Waals surface area contributed by atoms with E-state index in [9.17, 15) is 4.39 Å². The van der Waals surface area contributed by atoms with Crippen molar-refractivity contribution in [3.63, 3.8) is 0 Å².